The lowest BCUT2D eigenvalue weighted by atomic mass is 10.1. The first-order chi connectivity index (χ1) is 9.70. The smallest absolute Gasteiger partial charge is 0.340 e. The highest BCUT2D eigenvalue weighted by molar-refractivity contribution is 5.96. The van der Waals surface area contributed by atoms with Crippen LogP contribution in [0.4, 0.5) is 5.69 Å². The van der Waals surface area contributed by atoms with Crippen LogP contribution in [-0.4, -0.2) is 19.7 Å². The van der Waals surface area contributed by atoms with Gasteiger partial charge in [-0.05, 0) is 18.6 Å². The molecule has 0 heterocycles. The standard InChI is InChI=1S/C16H25NO3/c1-3-4-5-6-7-8-12-20-14-11-9-10-13(15(14)17)16(18)19-2/h9-11H,3-8,12,17H2,1-2H3. The number of unbranched alkanes of at least 4 members (excludes halogenated alkanes) is 5. The molecule has 0 aromatic heterocycles. The van der Waals surface area contributed by atoms with E-state index in [-0.39, 0.29) is 0 Å². The molecule has 1 aromatic rings. The number of ether oxygens (including phenoxy) is 2. The van der Waals surface area contributed by atoms with Crippen LogP contribution >= 0.6 is 0 Å². The van der Waals surface area contributed by atoms with Crippen molar-refractivity contribution < 1.29 is 14.3 Å². The Labute approximate surface area is 121 Å². The highest BCUT2D eigenvalue weighted by Crippen LogP contribution is 2.26. The number of hydrogen-bond donors (Lipinski definition) is 1. The highest BCUT2D eigenvalue weighted by atomic mass is 16.5. The van der Waals surface area contributed by atoms with Crippen molar-refractivity contribution in [2.24, 2.45) is 0 Å². The van der Waals surface area contributed by atoms with Crippen LogP contribution in [0.1, 0.15) is 55.8 Å². The molecule has 0 bridgehead atoms. The fraction of sp³-hybridized carbons (Fsp3) is 0.562. The second-order valence-electron chi connectivity index (χ2n) is 4.83. The van der Waals surface area contributed by atoms with Gasteiger partial charge in [-0.3, -0.25) is 0 Å². The molecule has 0 spiro atoms. The predicted molar refractivity (Wildman–Crippen MR) is 81.1 cm³/mol. The van der Waals surface area contributed by atoms with Gasteiger partial charge < -0.3 is 15.2 Å². The van der Waals surface area contributed by atoms with Gasteiger partial charge in [-0.1, -0.05) is 45.1 Å². The number of benzene rings is 1. The average Bonchev–Trinajstić information content (AvgIpc) is 2.47. The fourth-order valence-corrected chi connectivity index (χ4v) is 2.02. The van der Waals surface area contributed by atoms with Gasteiger partial charge in [0, 0.05) is 0 Å². The number of carbonyl (C=O) groups excluding carboxylic acids is 1. The second kappa shape index (κ2) is 9.23. The Morgan fingerprint density at radius 1 is 1.15 bits per heavy atom. The SMILES string of the molecule is CCCCCCCCOc1cccc(C(=O)OC)c1N. The van der Waals surface area contributed by atoms with Crippen molar-refractivity contribution in [1.29, 1.82) is 0 Å². The van der Waals surface area contributed by atoms with Gasteiger partial charge in [0.05, 0.1) is 25.0 Å². The van der Waals surface area contributed by atoms with Crippen LogP contribution in [0.3, 0.4) is 0 Å². The summed E-state index contributed by atoms with van der Waals surface area (Å²) in [7, 11) is 1.34. The predicted octanol–water partition coefficient (Wildman–Crippen LogP) is 3.79. The van der Waals surface area contributed by atoms with E-state index in [2.05, 4.69) is 11.7 Å². The zero-order valence-corrected chi connectivity index (χ0v) is 12.5. The Morgan fingerprint density at radius 2 is 1.85 bits per heavy atom. The molecular weight excluding hydrogens is 254 g/mol. The Balaban J connectivity index is 2.39. The third-order valence-corrected chi connectivity index (χ3v) is 3.23. The Hall–Kier alpha value is -1.71. The number of hydrogen-bond acceptors (Lipinski definition) is 4. The van der Waals surface area contributed by atoms with Crippen LogP contribution in [0, 0.1) is 0 Å². The normalized spacial score (nSPS) is 10.3. The maximum atomic E-state index is 11.5. The second-order valence-corrected chi connectivity index (χ2v) is 4.83. The number of rotatable bonds is 9. The van der Waals surface area contributed by atoms with Gasteiger partial charge in [0.25, 0.3) is 0 Å². The zero-order chi connectivity index (χ0) is 14.8. The number of esters is 1. The third kappa shape index (κ3) is 5.11. The summed E-state index contributed by atoms with van der Waals surface area (Å²) in [5, 5.41) is 0. The summed E-state index contributed by atoms with van der Waals surface area (Å²) in [6, 6.07) is 5.16. The van der Waals surface area contributed by atoms with Crippen molar-refractivity contribution in [2.45, 2.75) is 45.4 Å². The van der Waals surface area contributed by atoms with Gasteiger partial charge in [-0.15, -0.1) is 0 Å². The zero-order valence-electron chi connectivity index (χ0n) is 12.5. The summed E-state index contributed by atoms with van der Waals surface area (Å²) < 4.78 is 10.3. The first-order valence-corrected chi connectivity index (χ1v) is 7.30. The molecule has 4 nitrogen and oxygen atoms in total. The molecule has 0 unspecified atom stereocenters. The summed E-state index contributed by atoms with van der Waals surface area (Å²) in [6.45, 7) is 2.83. The fourth-order valence-electron chi connectivity index (χ4n) is 2.02. The lowest BCUT2D eigenvalue weighted by Crippen LogP contribution is -2.08. The molecule has 0 atom stereocenters. The first-order valence-electron chi connectivity index (χ1n) is 7.30. The molecule has 0 saturated heterocycles. The monoisotopic (exact) mass is 279 g/mol. The Kier molecular flexibility index (Phi) is 7.55. The molecule has 0 amide bonds. The summed E-state index contributed by atoms with van der Waals surface area (Å²) in [5.41, 5.74) is 6.62. The quantitative estimate of drug-likeness (QED) is 0.424. The molecule has 0 radical (unpaired) electrons. The summed E-state index contributed by atoms with van der Waals surface area (Å²) in [6.07, 6.45) is 7.26. The largest absolute Gasteiger partial charge is 0.491 e. The number of methoxy groups -OCH3 is 1. The first kappa shape index (κ1) is 16.3. The van der Waals surface area contributed by atoms with E-state index in [1.807, 2.05) is 0 Å². The molecule has 0 fully saturated rings. The number of anilines is 1. The lowest BCUT2D eigenvalue weighted by Gasteiger charge is -2.11. The Bertz CT molecular complexity index is 418. The number of nitrogens with two attached hydrogens (primary N) is 1. The van der Waals surface area contributed by atoms with E-state index in [0.29, 0.717) is 23.6 Å². The van der Waals surface area contributed by atoms with Crippen LogP contribution < -0.4 is 10.5 Å². The van der Waals surface area contributed by atoms with Crippen LogP contribution in [0.2, 0.25) is 0 Å². The molecule has 0 aliphatic heterocycles. The van der Waals surface area contributed by atoms with E-state index >= 15 is 0 Å². The van der Waals surface area contributed by atoms with Crippen LogP contribution in [-0.2, 0) is 4.74 Å². The maximum absolute atomic E-state index is 11.5. The topological polar surface area (TPSA) is 61.5 Å². The van der Waals surface area contributed by atoms with Crippen molar-refractivity contribution in [2.75, 3.05) is 19.5 Å². The summed E-state index contributed by atoms with van der Waals surface area (Å²) in [5.74, 6) is 0.119. The minimum absolute atomic E-state index is 0.352. The van der Waals surface area contributed by atoms with Gasteiger partial charge in [0.1, 0.15) is 5.75 Å². The highest BCUT2D eigenvalue weighted by Gasteiger charge is 2.13. The molecule has 1 rings (SSSR count). The molecule has 0 aliphatic rings. The van der Waals surface area contributed by atoms with E-state index in [4.69, 9.17) is 10.5 Å². The lowest BCUT2D eigenvalue weighted by molar-refractivity contribution is 0.0601. The minimum atomic E-state index is -0.437. The maximum Gasteiger partial charge on any atom is 0.340 e. The Morgan fingerprint density at radius 3 is 2.55 bits per heavy atom. The van der Waals surface area contributed by atoms with Gasteiger partial charge in [0.15, 0.2) is 0 Å². The van der Waals surface area contributed by atoms with Gasteiger partial charge in [-0.25, -0.2) is 4.79 Å². The number of para-hydroxylation sites is 1. The van der Waals surface area contributed by atoms with E-state index in [9.17, 15) is 4.79 Å². The van der Waals surface area contributed by atoms with Crippen LogP contribution in [0.15, 0.2) is 18.2 Å². The van der Waals surface area contributed by atoms with Crippen molar-refractivity contribution in [3.63, 3.8) is 0 Å². The van der Waals surface area contributed by atoms with Crippen molar-refractivity contribution in [3.05, 3.63) is 23.8 Å². The van der Waals surface area contributed by atoms with Crippen molar-refractivity contribution in [1.82, 2.24) is 0 Å². The van der Waals surface area contributed by atoms with Gasteiger partial charge in [-0.2, -0.15) is 0 Å². The van der Waals surface area contributed by atoms with Crippen molar-refractivity contribution in [3.8, 4) is 5.75 Å². The molecule has 2 N–H and O–H groups in total. The summed E-state index contributed by atoms with van der Waals surface area (Å²) in [4.78, 5) is 11.5. The summed E-state index contributed by atoms with van der Waals surface area (Å²) >= 11 is 0. The van der Waals surface area contributed by atoms with Gasteiger partial charge in [0.2, 0.25) is 0 Å². The molecule has 4 heteroatoms. The van der Waals surface area contributed by atoms with Crippen LogP contribution in [0.25, 0.3) is 0 Å². The van der Waals surface area contributed by atoms with Gasteiger partial charge >= 0.3 is 5.97 Å². The molecular formula is C16H25NO3. The molecule has 0 saturated carbocycles. The van der Waals surface area contributed by atoms with Crippen LogP contribution in [0.5, 0.6) is 5.75 Å². The average molecular weight is 279 g/mol. The molecule has 112 valence electrons. The van der Waals surface area contributed by atoms with E-state index in [1.54, 1.807) is 18.2 Å². The van der Waals surface area contributed by atoms with E-state index < -0.39 is 5.97 Å². The van der Waals surface area contributed by atoms with E-state index in [0.717, 1.165) is 12.8 Å². The van der Waals surface area contributed by atoms with E-state index in [1.165, 1.54) is 32.8 Å². The third-order valence-electron chi connectivity index (χ3n) is 3.23. The minimum Gasteiger partial charge on any atom is -0.491 e. The number of nitrogen functional groups attached to an aromatic ring is 1. The van der Waals surface area contributed by atoms with Crippen molar-refractivity contribution >= 4 is 11.7 Å². The number of carbonyl (C=O) groups is 1. The molecule has 20 heavy (non-hydrogen) atoms. The molecule has 0 aliphatic carbocycles. The molecule has 1 aromatic carbocycles.